The van der Waals surface area contributed by atoms with Crippen molar-refractivity contribution in [2.45, 2.75) is 45.4 Å². The molecule has 1 N–H and O–H groups in total. The topological polar surface area (TPSA) is 81.7 Å². The molecule has 0 spiro atoms. The summed E-state index contributed by atoms with van der Waals surface area (Å²) in [4.78, 5) is 39.3. The molecule has 0 aliphatic rings. The van der Waals surface area contributed by atoms with Gasteiger partial charge in [0.25, 0.3) is 0 Å². The van der Waals surface area contributed by atoms with Gasteiger partial charge in [0.15, 0.2) is 6.10 Å². The molecule has 34 heavy (non-hydrogen) atoms. The highest BCUT2D eigenvalue weighted by Gasteiger charge is 2.36. The second-order valence-electron chi connectivity index (χ2n) is 8.96. The minimum Gasteiger partial charge on any atom is -0.448 e. The second-order valence-corrected chi connectivity index (χ2v) is 8.96. The van der Waals surface area contributed by atoms with E-state index in [4.69, 9.17) is 9.47 Å². The van der Waals surface area contributed by atoms with E-state index in [1.165, 1.54) is 0 Å². The number of ketones is 1. The molecule has 0 aliphatic carbocycles. The molecule has 176 valence electrons. The molecule has 6 heteroatoms. The Morgan fingerprint density at radius 1 is 0.765 bits per heavy atom. The van der Waals surface area contributed by atoms with Crippen LogP contribution in [0.5, 0.6) is 0 Å². The normalized spacial score (nSPS) is 12.8. The van der Waals surface area contributed by atoms with Gasteiger partial charge in [-0.25, -0.2) is 9.59 Å². The number of nitrogens with one attached hydrogen (secondary N) is 1. The molecule has 1 amide bonds. The maximum absolute atomic E-state index is 13.6. The van der Waals surface area contributed by atoms with Crippen LogP contribution in [0.15, 0.2) is 84.9 Å². The predicted molar refractivity (Wildman–Crippen MR) is 130 cm³/mol. The Kier molecular flexibility index (Phi) is 7.84. The lowest BCUT2D eigenvalue weighted by Crippen LogP contribution is -2.44. The van der Waals surface area contributed by atoms with Crippen LogP contribution in [0.2, 0.25) is 0 Å². The Hall–Kier alpha value is -3.93. The van der Waals surface area contributed by atoms with Gasteiger partial charge in [0.2, 0.25) is 5.78 Å². The van der Waals surface area contributed by atoms with E-state index in [0.29, 0.717) is 16.7 Å². The molecule has 0 bridgehead atoms. The summed E-state index contributed by atoms with van der Waals surface area (Å²) >= 11 is 0. The molecule has 3 aromatic carbocycles. The van der Waals surface area contributed by atoms with Crippen molar-refractivity contribution in [1.82, 2.24) is 5.32 Å². The smallest absolute Gasteiger partial charge is 0.408 e. The number of hydrogen-bond acceptors (Lipinski definition) is 5. The van der Waals surface area contributed by atoms with Crippen LogP contribution in [-0.2, 0) is 9.47 Å². The molecule has 0 saturated heterocycles. The standard InChI is InChI=1S/C28H29NO5/c1-19-15-17-20(18-16-19)23(29-27(32)34-28(2,3)4)25(24(30)21-11-7-5-8-12-21)33-26(31)22-13-9-6-10-14-22/h5-18,23,25H,1-4H3,(H,29,32)/t23-,25-/m0/s1. The third-order valence-corrected chi connectivity index (χ3v) is 4.97. The van der Waals surface area contributed by atoms with E-state index in [-0.39, 0.29) is 0 Å². The van der Waals surface area contributed by atoms with Gasteiger partial charge in [0, 0.05) is 5.56 Å². The van der Waals surface area contributed by atoms with E-state index < -0.39 is 35.6 Å². The quantitative estimate of drug-likeness (QED) is 0.364. The zero-order valence-corrected chi connectivity index (χ0v) is 19.8. The average Bonchev–Trinajstić information content (AvgIpc) is 2.81. The van der Waals surface area contributed by atoms with Gasteiger partial charge in [-0.3, -0.25) is 4.79 Å². The number of aryl methyl sites for hydroxylation is 1. The third kappa shape index (κ3) is 6.78. The van der Waals surface area contributed by atoms with Crippen molar-refractivity contribution in [2.75, 3.05) is 0 Å². The molecule has 0 heterocycles. The molecule has 6 nitrogen and oxygen atoms in total. The Bertz CT molecular complexity index is 1120. The number of amides is 1. The number of alkyl carbamates (subject to hydrolysis) is 1. The van der Waals surface area contributed by atoms with Crippen LogP contribution in [0.1, 0.15) is 58.7 Å². The molecule has 0 saturated carbocycles. The number of ether oxygens (including phenoxy) is 2. The van der Waals surface area contributed by atoms with E-state index in [9.17, 15) is 14.4 Å². The molecule has 0 unspecified atom stereocenters. The molecule has 0 aromatic heterocycles. The van der Waals surface area contributed by atoms with Gasteiger partial charge in [-0.1, -0.05) is 78.4 Å². The van der Waals surface area contributed by atoms with Gasteiger partial charge >= 0.3 is 12.1 Å². The molecule has 2 atom stereocenters. The largest absolute Gasteiger partial charge is 0.448 e. The summed E-state index contributed by atoms with van der Waals surface area (Å²) in [7, 11) is 0. The summed E-state index contributed by atoms with van der Waals surface area (Å²) in [5.41, 5.74) is 1.52. The molecular formula is C28H29NO5. The van der Waals surface area contributed by atoms with Gasteiger partial charge in [0.05, 0.1) is 5.56 Å². The van der Waals surface area contributed by atoms with Gasteiger partial charge in [-0.2, -0.15) is 0 Å². The Balaban J connectivity index is 2.03. The first kappa shape index (κ1) is 24.7. The lowest BCUT2D eigenvalue weighted by molar-refractivity contribution is 0.0149. The fraction of sp³-hybridized carbons (Fsp3) is 0.250. The van der Waals surface area contributed by atoms with Crippen LogP contribution in [0, 0.1) is 6.92 Å². The van der Waals surface area contributed by atoms with Crippen LogP contribution < -0.4 is 5.32 Å². The molecule has 0 radical (unpaired) electrons. The first-order valence-corrected chi connectivity index (χ1v) is 11.1. The monoisotopic (exact) mass is 459 g/mol. The fourth-order valence-electron chi connectivity index (χ4n) is 3.34. The summed E-state index contributed by atoms with van der Waals surface area (Å²) in [6.45, 7) is 7.17. The average molecular weight is 460 g/mol. The lowest BCUT2D eigenvalue weighted by Gasteiger charge is -2.29. The van der Waals surface area contributed by atoms with E-state index in [0.717, 1.165) is 5.56 Å². The maximum Gasteiger partial charge on any atom is 0.408 e. The Morgan fingerprint density at radius 3 is 1.82 bits per heavy atom. The molecule has 3 rings (SSSR count). The zero-order valence-electron chi connectivity index (χ0n) is 19.8. The summed E-state index contributed by atoms with van der Waals surface area (Å²) < 4.78 is 11.2. The van der Waals surface area contributed by atoms with Gasteiger partial charge in [0.1, 0.15) is 11.6 Å². The fourth-order valence-corrected chi connectivity index (χ4v) is 3.34. The van der Waals surface area contributed by atoms with Crippen LogP contribution >= 0.6 is 0 Å². The van der Waals surface area contributed by atoms with E-state index in [1.807, 2.05) is 19.1 Å². The van der Waals surface area contributed by atoms with Crippen molar-refractivity contribution < 1.29 is 23.9 Å². The highest BCUT2D eigenvalue weighted by atomic mass is 16.6. The minimum absolute atomic E-state index is 0.299. The van der Waals surface area contributed by atoms with Crippen molar-refractivity contribution in [3.8, 4) is 0 Å². The highest BCUT2D eigenvalue weighted by Crippen LogP contribution is 2.25. The number of benzene rings is 3. The summed E-state index contributed by atoms with van der Waals surface area (Å²) in [5.74, 6) is -1.11. The number of esters is 1. The Labute approximate surface area is 199 Å². The Morgan fingerprint density at radius 2 is 1.29 bits per heavy atom. The third-order valence-electron chi connectivity index (χ3n) is 4.97. The summed E-state index contributed by atoms with van der Waals surface area (Å²) in [5, 5.41) is 2.76. The molecular weight excluding hydrogens is 430 g/mol. The van der Waals surface area contributed by atoms with Crippen LogP contribution in [0.25, 0.3) is 0 Å². The molecule has 3 aromatic rings. The SMILES string of the molecule is Cc1ccc([C@H](NC(=O)OC(C)(C)C)[C@H](OC(=O)c2ccccc2)C(=O)c2ccccc2)cc1. The van der Waals surface area contributed by atoms with Crippen molar-refractivity contribution >= 4 is 17.8 Å². The number of carbonyl (C=O) groups is 3. The highest BCUT2D eigenvalue weighted by molar-refractivity contribution is 6.02. The number of rotatable bonds is 7. The van der Waals surface area contributed by atoms with Gasteiger partial charge in [-0.15, -0.1) is 0 Å². The molecule has 0 aliphatic heterocycles. The van der Waals surface area contributed by atoms with Gasteiger partial charge in [-0.05, 0) is 45.4 Å². The zero-order chi connectivity index (χ0) is 24.7. The van der Waals surface area contributed by atoms with Crippen molar-refractivity contribution in [3.05, 3.63) is 107 Å². The van der Waals surface area contributed by atoms with E-state index >= 15 is 0 Å². The first-order valence-electron chi connectivity index (χ1n) is 11.1. The van der Waals surface area contributed by atoms with Crippen molar-refractivity contribution in [3.63, 3.8) is 0 Å². The van der Waals surface area contributed by atoms with E-state index in [2.05, 4.69) is 5.32 Å². The first-order chi connectivity index (χ1) is 16.1. The minimum atomic E-state index is -1.33. The van der Waals surface area contributed by atoms with Crippen molar-refractivity contribution in [2.24, 2.45) is 0 Å². The van der Waals surface area contributed by atoms with E-state index in [1.54, 1.807) is 93.6 Å². The molecule has 0 fully saturated rings. The maximum atomic E-state index is 13.6. The summed E-state index contributed by atoms with van der Waals surface area (Å²) in [6.07, 6.45) is -2.05. The lowest BCUT2D eigenvalue weighted by atomic mass is 9.94. The number of hydrogen-bond donors (Lipinski definition) is 1. The van der Waals surface area contributed by atoms with Gasteiger partial charge < -0.3 is 14.8 Å². The van der Waals surface area contributed by atoms with Crippen LogP contribution in [0.3, 0.4) is 0 Å². The predicted octanol–water partition coefficient (Wildman–Crippen LogP) is 5.67. The number of Topliss-reactive ketones (excluding diaryl/α,β-unsaturated/α-hetero) is 1. The van der Waals surface area contributed by atoms with Crippen molar-refractivity contribution in [1.29, 1.82) is 0 Å². The number of carbonyl (C=O) groups excluding carboxylic acids is 3. The van der Waals surface area contributed by atoms with Crippen LogP contribution in [-0.4, -0.2) is 29.6 Å². The second kappa shape index (κ2) is 10.8. The summed E-state index contributed by atoms with van der Waals surface area (Å²) in [6, 6.07) is 23.3. The van der Waals surface area contributed by atoms with Crippen LogP contribution in [0.4, 0.5) is 4.79 Å².